The number of benzene rings is 1. The first-order valence-corrected chi connectivity index (χ1v) is 9.45. The van der Waals surface area contributed by atoms with Crippen LogP contribution in [0.2, 0.25) is 0 Å². The highest BCUT2D eigenvalue weighted by molar-refractivity contribution is 5.94. The van der Waals surface area contributed by atoms with E-state index >= 15 is 0 Å². The third-order valence-corrected chi connectivity index (χ3v) is 4.52. The van der Waals surface area contributed by atoms with Gasteiger partial charge in [0, 0.05) is 24.6 Å². The minimum Gasteiger partial charge on any atom is -0.468 e. The van der Waals surface area contributed by atoms with Gasteiger partial charge in [0.15, 0.2) is 0 Å². The van der Waals surface area contributed by atoms with Gasteiger partial charge < -0.3 is 15.1 Å². The minimum atomic E-state index is -0.256. The lowest BCUT2D eigenvalue weighted by Crippen LogP contribution is -2.41. The molecule has 0 radical (unpaired) electrons. The molecule has 2 amide bonds. The molecule has 6 heteroatoms. The second-order valence-corrected chi connectivity index (χ2v) is 6.50. The maximum atomic E-state index is 12.3. The predicted molar refractivity (Wildman–Crippen MR) is 105 cm³/mol. The molecule has 1 aromatic heterocycles. The lowest BCUT2D eigenvalue weighted by atomic mass is 10.1. The number of furan rings is 1. The molecule has 146 valence electrons. The number of carbonyl (C=O) groups excluding carboxylic acids is 2. The Kier molecular flexibility index (Phi) is 8.07. The molecule has 0 fully saturated rings. The molecule has 0 aliphatic rings. The largest absolute Gasteiger partial charge is 0.468 e. The molecule has 1 aromatic carbocycles. The Morgan fingerprint density at radius 2 is 1.78 bits per heavy atom. The summed E-state index contributed by atoms with van der Waals surface area (Å²) >= 11 is 0. The summed E-state index contributed by atoms with van der Waals surface area (Å²) < 4.78 is 5.55. The first-order valence-electron chi connectivity index (χ1n) is 9.45. The van der Waals surface area contributed by atoms with E-state index in [-0.39, 0.29) is 30.3 Å². The fourth-order valence-electron chi connectivity index (χ4n) is 3.06. The Morgan fingerprint density at radius 3 is 2.37 bits per heavy atom. The first kappa shape index (κ1) is 20.7. The van der Waals surface area contributed by atoms with Crippen molar-refractivity contribution in [3.05, 3.63) is 60.1 Å². The van der Waals surface area contributed by atoms with E-state index in [0.717, 1.165) is 18.8 Å². The van der Waals surface area contributed by atoms with Gasteiger partial charge >= 0.3 is 0 Å². The van der Waals surface area contributed by atoms with E-state index in [1.807, 2.05) is 37.3 Å². The predicted octanol–water partition coefficient (Wildman–Crippen LogP) is 2.99. The maximum Gasteiger partial charge on any atom is 0.251 e. The second kappa shape index (κ2) is 10.5. The zero-order chi connectivity index (χ0) is 19.6. The van der Waals surface area contributed by atoms with Crippen LogP contribution < -0.4 is 10.6 Å². The van der Waals surface area contributed by atoms with Gasteiger partial charge in [0.2, 0.25) is 5.91 Å². The second-order valence-electron chi connectivity index (χ2n) is 6.50. The summed E-state index contributed by atoms with van der Waals surface area (Å²) in [5.74, 6) is 0.566. The Morgan fingerprint density at radius 1 is 1.07 bits per heavy atom. The molecule has 2 unspecified atom stereocenters. The quantitative estimate of drug-likeness (QED) is 0.673. The van der Waals surface area contributed by atoms with Gasteiger partial charge in [-0.05, 0) is 44.3 Å². The Bertz CT molecular complexity index is 697. The Labute approximate surface area is 160 Å². The van der Waals surface area contributed by atoms with E-state index in [4.69, 9.17) is 4.42 Å². The normalized spacial score (nSPS) is 13.2. The molecule has 0 aliphatic heterocycles. The third kappa shape index (κ3) is 6.25. The van der Waals surface area contributed by atoms with Crippen molar-refractivity contribution in [2.24, 2.45) is 0 Å². The van der Waals surface area contributed by atoms with Gasteiger partial charge in [0.05, 0.1) is 12.3 Å². The monoisotopic (exact) mass is 371 g/mol. The molecule has 0 aliphatic carbocycles. The third-order valence-electron chi connectivity index (χ3n) is 4.52. The number of amides is 2. The highest BCUT2D eigenvalue weighted by Crippen LogP contribution is 2.20. The fraction of sp³-hybridized carbons (Fsp3) is 0.429. The SMILES string of the molecule is CCN(CC)C(CNC(=O)CC(C)NC(=O)c1ccccc1)c1ccco1. The molecule has 0 bridgehead atoms. The average molecular weight is 371 g/mol. The topological polar surface area (TPSA) is 74.6 Å². The van der Waals surface area contributed by atoms with Crippen LogP contribution in [0.1, 0.15) is 49.4 Å². The van der Waals surface area contributed by atoms with Gasteiger partial charge in [-0.25, -0.2) is 0 Å². The van der Waals surface area contributed by atoms with Crippen molar-refractivity contribution in [2.45, 2.75) is 39.3 Å². The lowest BCUT2D eigenvalue weighted by molar-refractivity contribution is -0.121. The summed E-state index contributed by atoms with van der Waals surface area (Å²) in [7, 11) is 0. The summed E-state index contributed by atoms with van der Waals surface area (Å²) in [6.07, 6.45) is 1.87. The van der Waals surface area contributed by atoms with Crippen molar-refractivity contribution in [3.8, 4) is 0 Å². The molecule has 0 saturated carbocycles. The van der Waals surface area contributed by atoms with Crippen molar-refractivity contribution in [1.82, 2.24) is 15.5 Å². The molecule has 2 rings (SSSR count). The number of carbonyl (C=O) groups is 2. The highest BCUT2D eigenvalue weighted by Gasteiger charge is 2.22. The zero-order valence-electron chi connectivity index (χ0n) is 16.3. The van der Waals surface area contributed by atoms with E-state index in [2.05, 4.69) is 29.4 Å². The van der Waals surface area contributed by atoms with Crippen LogP contribution in [0.5, 0.6) is 0 Å². The molecule has 0 spiro atoms. The Hall–Kier alpha value is -2.60. The average Bonchev–Trinajstić information content (AvgIpc) is 3.20. The van der Waals surface area contributed by atoms with Crippen LogP contribution >= 0.6 is 0 Å². The van der Waals surface area contributed by atoms with Crippen LogP contribution in [0.3, 0.4) is 0 Å². The maximum absolute atomic E-state index is 12.3. The number of nitrogens with one attached hydrogen (secondary N) is 2. The number of rotatable bonds is 10. The lowest BCUT2D eigenvalue weighted by Gasteiger charge is -2.28. The van der Waals surface area contributed by atoms with Crippen molar-refractivity contribution in [1.29, 1.82) is 0 Å². The van der Waals surface area contributed by atoms with E-state index in [9.17, 15) is 9.59 Å². The van der Waals surface area contributed by atoms with Gasteiger partial charge in [-0.3, -0.25) is 14.5 Å². The number of hydrogen-bond donors (Lipinski definition) is 2. The Balaban J connectivity index is 1.85. The van der Waals surface area contributed by atoms with Crippen LogP contribution in [-0.4, -0.2) is 42.4 Å². The van der Waals surface area contributed by atoms with Crippen molar-refractivity contribution in [2.75, 3.05) is 19.6 Å². The van der Waals surface area contributed by atoms with Crippen LogP contribution in [0.25, 0.3) is 0 Å². The molecule has 6 nitrogen and oxygen atoms in total. The van der Waals surface area contributed by atoms with Gasteiger partial charge in [-0.2, -0.15) is 0 Å². The van der Waals surface area contributed by atoms with Crippen molar-refractivity contribution in [3.63, 3.8) is 0 Å². The number of likely N-dealkylation sites (N-methyl/N-ethyl adjacent to an activating group) is 1. The van der Waals surface area contributed by atoms with Crippen molar-refractivity contribution < 1.29 is 14.0 Å². The molecule has 2 atom stereocenters. The molecule has 0 saturated heterocycles. The van der Waals surface area contributed by atoms with Crippen LogP contribution in [0, 0.1) is 0 Å². The molecular weight excluding hydrogens is 342 g/mol. The van der Waals surface area contributed by atoms with Crippen molar-refractivity contribution >= 4 is 11.8 Å². The molecule has 1 heterocycles. The molecular formula is C21H29N3O3. The summed E-state index contributed by atoms with van der Waals surface area (Å²) in [4.78, 5) is 26.7. The fourth-order valence-corrected chi connectivity index (χ4v) is 3.06. The zero-order valence-corrected chi connectivity index (χ0v) is 16.3. The minimum absolute atomic E-state index is 0.00633. The van der Waals surface area contributed by atoms with Gasteiger partial charge in [0.1, 0.15) is 5.76 Å². The number of hydrogen-bond acceptors (Lipinski definition) is 4. The van der Waals surface area contributed by atoms with Crippen LogP contribution in [0.15, 0.2) is 53.1 Å². The molecule has 2 aromatic rings. The summed E-state index contributed by atoms with van der Waals surface area (Å²) in [5.41, 5.74) is 0.587. The summed E-state index contributed by atoms with van der Waals surface area (Å²) in [6.45, 7) is 8.19. The van der Waals surface area contributed by atoms with E-state index in [1.165, 1.54) is 0 Å². The van der Waals surface area contributed by atoms with Gasteiger partial charge in [-0.15, -0.1) is 0 Å². The van der Waals surface area contributed by atoms with Gasteiger partial charge in [0.25, 0.3) is 5.91 Å². The number of nitrogens with zero attached hydrogens (tertiary/aromatic N) is 1. The first-order chi connectivity index (χ1) is 13.0. The van der Waals surface area contributed by atoms with E-state index < -0.39 is 0 Å². The van der Waals surface area contributed by atoms with E-state index in [1.54, 1.807) is 18.4 Å². The molecule has 27 heavy (non-hydrogen) atoms. The highest BCUT2D eigenvalue weighted by atomic mass is 16.3. The van der Waals surface area contributed by atoms with Gasteiger partial charge in [-0.1, -0.05) is 32.0 Å². The molecule has 2 N–H and O–H groups in total. The van der Waals surface area contributed by atoms with Crippen LogP contribution in [0.4, 0.5) is 0 Å². The van der Waals surface area contributed by atoms with E-state index in [0.29, 0.717) is 12.1 Å². The summed E-state index contributed by atoms with van der Waals surface area (Å²) in [5, 5.41) is 5.83. The summed E-state index contributed by atoms with van der Waals surface area (Å²) in [6, 6.07) is 12.5. The smallest absolute Gasteiger partial charge is 0.251 e. The van der Waals surface area contributed by atoms with Crippen LogP contribution in [-0.2, 0) is 4.79 Å². The standard InChI is InChI=1S/C21H29N3O3/c1-4-24(5-2)18(19-12-9-13-27-19)15-22-20(25)14-16(3)23-21(26)17-10-7-6-8-11-17/h6-13,16,18H,4-5,14-15H2,1-3H3,(H,22,25)(H,23,26).